The SMILES string of the molecule is Cc1cc(OCc2nc(SCC(=O)Nc3ccccc3C#N)n[nH]2)ccc1Cl. The molecule has 0 unspecified atom stereocenters. The lowest BCUT2D eigenvalue weighted by Gasteiger charge is -2.06. The largest absolute Gasteiger partial charge is 0.486 e. The topological polar surface area (TPSA) is 104 Å². The monoisotopic (exact) mass is 413 g/mol. The van der Waals surface area contributed by atoms with Gasteiger partial charge in [-0.2, -0.15) is 5.26 Å². The highest BCUT2D eigenvalue weighted by Crippen LogP contribution is 2.22. The van der Waals surface area contributed by atoms with Crippen molar-refractivity contribution in [3.63, 3.8) is 0 Å². The van der Waals surface area contributed by atoms with Gasteiger partial charge in [-0.3, -0.25) is 9.89 Å². The number of amides is 1. The molecule has 0 spiro atoms. The summed E-state index contributed by atoms with van der Waals surface area (Å²) in [5, 5.41) is 19.7. The summed E-state index contributed by atoms with van der Waals surface area (Å²) in [5.41, 5.74) is 1.82. The Morgan fingerprint density at radius 3 is 2.96 bits per heavy atom. The number of hydrogen-bond donors (Lipinski definition) is 2. The van der Waals surface area contributed by atoms with E-state index in [-0.39, 0.29) is 18.3 Å². The summed E-state index contributed by atoms with van der Waals surface area (Å²) in [7, 11) is 0. The van der Waals surface area contributed by atoms with Crippen LogP contribution in [0.3, 0.4) is 0 Å². The Bertz CT molecular complexity index is 1030. The first-order valence-corrected chi connectivity index (χ1v) is 9.63. The average molecular weight is 414 g/mol. The number of aromatic nitrogens is 3. The molecule has 0 aliphatic heterocycles. The number of rotatable bonds is 7. The Hall–Kier alpha value is -3.02. The second-order valence-electron chi connectivity index (χ2n) is 5.76. The van der Waals surface area contributed by atoms with Crippen molar-refractivity contribution in [3.8, 4) is 11.8 Å². The number of nitrogens with one attached hydrogen (secondary N) is 2. The van der Waals surface area contributed by atoms with Crippen LogP contribution in [0.25, 0.3) is 0 Å². The van der Waals surface area contributed by atoms with Crippen molar-refractivity contribution < 1.29 is 9.53 Å². The van der Waals surface area contributed by atoms with Gasteiger partial charge in [0.25, 0.3) is 0 Å². The molecule has 7 nitrogen and oxygen atoms in total. The van der Waals surface area contributed by atoms with Crippen molar-refractivity contribution >= 4 is 35.0 Å². The summed E-state index contributed by atoms with van der Waals surface area (Å²) in [4.78, 5) is 16.4. The van der Waals surface area contributed by atoms with E-state index >= 15 is 0 Å². The van der Waals surface area contributed by atoms with Gasteiger partial charge in [-0.05, 0) is 42.8 Å². The van der Waals surface area contributed by atoms with Crippen LogP contribution in [-0.4, -0.2) is 26.8 Å². The van der Waals surface area contributed by atoms with Gasteiger partial charge >= 0.3 is 0 Å². The molecule has 0 saturated heterocycles. The van der Waals surface area contributed by atoms with Gasteiger partial charge in [0.15, 0.2) is 5.82 Å². The molecule has 1 amide bonds. The fourth-order valence-electron chi connectivity index (χ4n) is 2.27. The van der Waals surface area contributed by atoms with E-state index in [1.54, 1.807) is 36.4 Å². The number of anilines is 1. The van der Waals surface area contributed by atoms with Gasteiger partial charge < -0.3 is 10.1 Å². The number of carbonyl (C=O) groups is 1. The maximum atomic E-state index is 12.1. The van der Waals surface area contributed by atoms with Gasteiger partial charge in [-0.15, -0.1) is 5.10 Å². The number of ether oxygens (including phenoxy) is 1. The zero-order chi connectivity index (χ0) is 19.9. The Kier molecular flexibility index (Phi) is 6.53. The number of aromatic amines is 1. The van der Waals surface area contributed by atoms with Crippen LogP contribution in [0.15, 0.2) is 47.6 Å². The standard InChI is InChI=1S/C19H16ClN5O2S/c1-12-8-14(6-7-15(12)20)27-10-17-23-19(25-24-17)28-11-18(26)22-16-5-3-2-4-13(16)9-21/h2-8H,10-11H2,1H3,(H,22,26)(H,23,24,25). The number of halogens is 1. The summed E-state index contributed by atoms with van der Waals surface area (Å²) >= 11 is 7.18. The van der Waals surface area contributed by atoms with E-state index in [9.17, 15) is 4.79 Å². The van der Waals surface area contributed by atoms with Gasteiger partial charge in [-0.25, -0.2) is 4.98 Å². The summed E-state index contributed by atoms with van der Waals surface area (Å²) in [6.45, 7) is 2.12. The van der Waals surface area contributed by atoms with E-state index in [0.717, 1.165) is 5.56 Å². The Morgan fingerprint density at radius 1 is 1.36 bits per heavy atom. The zero-order valence-electron chi connectivity index (χ0n) is 14.9. The number of hydrogen-bond acceptors (Lipinski definition) is 6. The number of aryl methyl sites for hydroxylation is 1. The number of thioether (sulfide) groups is 1. The van der Waals surface area contributed by atoms with E-state index in [0.29, 0.717) is 33.0 Å². The highest BCUT2D eigenvalue weighted by atomic mass is 35.5. The minimum Gasteiger partial charge on any atom is -0.486 e. The van der Waals surface area contributed by atoms with E-state index in [1.165, 1.54) is 11.8 Å². The third-order valence-electron chi connectivity index (χ3n) is 3.67. The van der Waals surface area contributed by atoms with E-state index in [1.807, 2.05) is 19.1 Å². The molecule has 0 aliphatic rings. The number of benzene rings is 2. The maximum absolute atomic E-state index is 12.1. The van der Waals surface area contributed by atoms with Gasteiger partial charge in [0.05, 0.1) is 17.0 Å². The van der Waals surface area contributed by atoms with Gasteiger partial charge in [0.2, 0.25) is 11.1 Å². The summed E-state index contributed by atoms with van der Waals surface area (Å²) in [6, 6.07) is 14.3. The quantitative estimate of drug-likeness (QED) is 0.568. The Labute approximate surface area is 171 Å². The molecule has 142 valence electrons. The van der Waals surface area contributed by atoms with Crippen LogP contribution in [0.2, 0.25) is 5.02 Å². The fourth-order valence-corrected chi connectivity index (χ4v) is 3.01. The van der Waals surface area contributed by atoms with Crippen LogP contribution >= 0.6 is 23.4 Å². The second-order valence-corrected chi connectivity index (χ2v) is 7.11. The Morgan fingerprint density at radius 2 is 2.18 bits per heavy atom. The molecule has 28 heavy (non-hydrogen) atoms. The molecular formula is C19H16ClN5O2S. The van der Waals surface area contributed by atoms with E-state index < -0.39 is 0 Å². The molecule has 2 aromatic carbocycles. The lowest BCUT2D eigenvalue weighted by Crippen LogP contribution is -2.15. The lowest BCUT2D eigenvalue weighted by atomic mass is 10.2. The number of nitrogens with zero attached hydrogens (tertiary/aromatic N) is 3. The third kappa shape index (κ3) is 5.25. The molecule has 0 bridgehead atoms. The molecule has 1 heterocycles. The summed E-state index contributed by atoms with van der Waals surface area (Å²) < 4.78 is 5.66. The minimum absolute atomic E-state index is 0.119. The van der Waals surface area contributed by atoms with E-state index in [4.69, 9.17) is 21.6 Å². The van der Waals surface area contributed by atoms with Crippen molar-refractivity contribution in [2.75, 3.05) is 11.1 Å². The Balaban J connectivity index is 1.49. The van der Waals surface area contributed by atoms with Crippen molar-refractivity contribution in [2.24, 2.45) is 0 Å². The first-order valence-electron chi connectivity index (χ1n) is 8.27. The summed E-state index contributed by atoms with van der Waals surface area (Å²) in [5.74, 6) is 1.11. The number of carbonyl (C=O) groups excluding carboxylic acids is 1. The van der Waals surface area contributed by atoms with Crippen LogP contribution in [-0.2, 0) is 11.4 Å². The lowest BCUT2D eigenvalue weighted by molar-refractivity contribution is -0.113. The molecule has 3 rings (SSSR count). The molecule has 0 fully saturated rings. The highest BCUT2D eigenvalue weighted by Gasteiger charge is 2.10. The molecule has 9 heteroatoms. The second kappa shape index (κ2) is 9.26. The molecule has 3 aromatic rings. The summed E-state index contributed by atoms with van der Waals surface area (Å²) in [6.07, 6.45) is 0. The maximum Gasteiger partial charge on any atom is 0.234 e. The predicted octanol–water partition coefficient (Wildman–Crippen LogP) is 3.95. The highest BCUT2D eigenvalue weighted by molar-refractivity contribution is 7.99. The van der Waals surface area contributed by atoms with E-state index in [2.05, 4.69) is 20.5 Å². The third-order valence-corrected chi connectivity index (χ3v) is 4.94. The number of para-hydroxylation sites is 1. The van der Waals surface area contributed by atoms with Crippen LogP contribution in [0, 0.1) is 18.3 Å². The minimum atomic E-state index is -0.244. The normalized spacial score (nSPS) is 10.3. The molecule has 0 saturated carbocycles. The first kappa shape index (κ1) is 19.7. The number of H-pyrrole nitrogens is 1. The van der Waals surface area contributed by atoms with Crippen LogP contribution < -0.4 is 10.1 Å². The van der Waals surface area contributed by atoms with Crippen LogP contribution in [0.4, 0.5) is 5.69 Å². The van der Waals surface area contributed by atoms with Gasteiger partial charge in [0, 0.05) is 5.02 Å². The van der Waals surface area contributed by atoms with Gasteiger partial charge in [0.1, 0.15) is 18.4 Å². The zero-order valence-corrected chi connectivity index (χ0v) is 16.5. The molecule has 1 aromatic heterocycles. The first-order chi connectivity index (χ1) is 13.5. The number of nitriles is 1. The average Bonchev–Trinajstić information content (AvgIpc) is 3.16. The van der Waals surface area contributed by atoms with Crippen molar-refractivity contribution in [2.45, 2.75) is 18.7 Å². The fraction of sp³-hybridized carbons (Fsp3) is 0.158. The predicted molar refractivity (Wildman–Crippen MR) is 107 cm³/mol. The molecule has 0 aliphatic carbocycles. The van der Waals surface area contributed by atoms with Crippen molar-refractivity contribution in [1.82, 2.24) is 15.2 Å². The molecule has 0 atom stereocenters. The van der Waals surface area contributed by atoms with Crippen LogP contribution in [0.1, 0.15) is 17.0 Å². The molecule has 2 N–H and O–H groups in total. The smallest absolute Gasteiger partial charge is 0.234 e. The van der Waals surface area contributed by atoms with Crippen molar-refractivity contribution in [1.29, 1.82) is 5.26 Å². The van der Waals surface area contributed by atoms with Gasteiger partial charge in [-0.1, -0.05) is 35.5 Å². The van der Waals surface area contributed by atoms with Crippen LogP contribution in [0.5, 0.6) is 5.75 Å². The van der Waals surface area contributed by atoms with Crippen molar-refractivity contribution in [3.05, 3.63) is 64.4 Å². The molecule has 0 radical (unpaired) electrons. The molecular weight excluding hydrogens is 398 g/mol.